The molecule has 2 N–H and O–H groups in total. The van der Waals surface area contributed by atoms with Crippen molar-refractivity contribution in [2.24, 2.45) is 0 Å². The van der Waals surface area contributed by atoms with Crippen LogP contribution in [0.4, 0.5) is 0 Å². The molecule has 0 saturated heterocycles. The summed E-state index contributed by atoms with van der Waals surface area (Å²) in [6.07, 6.45) is 2.14. The van der Waals surface area contributed by atoms with E-state index in [0.29, 0.717) is 11.7 Å². The van der Waals surface area contributed by atoms with Crippen LogP contribution in [0.2, 0.25) is 0 Å². The maximum atomic E-state index is 11.9. The van der Waals surface area contributed by atoms with Crippen LogP contribution in [-0.2, 0) is 0 Å². The Kier molecular flexibility index (Phi) is 2.95. The molecule has 1 aliphatic carbocycles. The van der Waals surface area contributed by atoms with Gasteiger partial charge in [-0.3, -0.25) is 9.89 Å². The summed E-state index contributed by atoms with van der Waals surface area (Å²) < 4.78 is 5.17. The van der Waals surface area contributed by atoms with Gasteiger partial charge in [0.1, 0.15) is 11.4 Å². The summed E-state index contributed by atoms with van der Waals surface area (Å²) in [6.45, 7) is 0. The minimum absolute atomic E-state index is 0.0934. The molecule has 98 valence electrons. The molecule has 0 atom stereocenters. The average molecular weight is 257 g/mol. The third-order valence-corrected chi connectivity index (χ3v) is 3.10. The topological polar surface area (TPSA) is 67.0 Å². The van der Waals surface area contributed by atoms with Crippen molar-refractivity contribution in [1.82, 2.24) is 15.5 Å². The van der Waals surface area contributed by atoms with E-state index in [9.17, 15) is 4.79 Å². The second-order valence-corrected chi connectivity index (χ2v) is 4.65. The van der Waals surface area contributed by atoms with Gasteiger partial charge in [0, 0.05) is 11.6 Å². The van der Waals surface area contributed by atoms with E-state index in [4.69, 9.17) is 4.74 Å². The second-order valence-electron chi connectivity index (χ2n) is 4.65. The quantitative estimate of drug-likeness (QED) is 0.880. The Hall–Kier alpha value is -2.30. The first kappa shape index (κ1) is 11.8. The van der Waals surface area contributed by atoms with Crippen molar-refractivity contribution in [3.05, 3.63) is 36.0 Å². The van der Waals surface area contributed by atoms with E-state index in [2.05, 4.69) is 15.5 Å². The fourth-order valence-corrected chi connectivity index (χ4v) is 1.86. The first-order chi connectivity index (χ1) is 9.26. The molecule has 0 radical (unpaired) electrons. The zero-order valence-corrected chi connectivity index (χ0v) is 10.6. The number of aromatic amines is 1. The van der Waals surface area contributed by atoms with Crippen LogP contribution in [0, 0.1) is 0 Å². The molecule has 0 aliphatic heterocycles. The number of aromatic nitrogens is 2. The van der Waals surface area contributed by atoms with Crippen LogP contribution in [0.1, 0.15) is 23.3 Å². The van der Waals surface area contributed by atoms with Crippen molar-refractivity contribution in [2.75, 3.05) is 7.11 Å². The molecule has 1 aromatic carbocycles. The van der Waals surface area contributed by atoms with E-state index in [-0.39, 0.29) is 5.91 Å². The molecule has 1 saturated carbocycles. The highest BCUT2D eigenvalue weighted by Crippen LogP contribution is 2.23. The van der Waals surface area contributed by atoms with Crippen molar-refractivity contribution in [2.45, 2.75) is 18.9 Å². The Balaban J connectivity index is 1.81. The maximum absolute atomic E-state index is 11.9. The average Bonchev–Trinajstić information content (AvgIpc) is 3.11. The van der Waals surface area contributed by atoms with Gasteiger partial charge in [0.15, 0.2) is 0 Å². The summed E-state index contributed by atoms with van der Waals surface area (Å²) in [6, 6.07) is 9.69. The first-order valence-corrected chi connectivity index (χ1v) is 6.27. The number of carbonyl (C=O) groups excluding carboxylic acids is 1. The van der Waals surface area contributed by atoms with Gasteiger partial charge in [0.05, 0.1) is 12.8 Å². The van der Waals surface area contributed by atoms with E-state index >= 15 is 0 Å². The highest BCUT2D eigenvalue weighted by molar-refractivity contribution is 5.93. The minimum Gasteiger partial charge on any atom is -0.497 e. The summed E-state index contributed by atoms with van der Waals surface area (Å²) >= 11 is 0. The molecular weight excluding hydrogens is 242 g/mol. The van der Waals surface area contributed by atoms with Crippen molar-refractivity contribution in [1.29, 1.82) is 0 Å². The molecule has 2 aromatic rings. The number of hydrogen-bond donors (Lipinski definition) is 2. The predicted octanol–water partition coefficient (Wildman–Crippen LogP) is 1.98. The van der Waals surface area contributed by atoms with Gasteiger partial charge >= 0.3 is 0 Å². The number of methoxy groups -OCH3 is 1. The molecule has 0 bridgehead atoms. The molecular formula is C14H15N3O2. The van der Waals surface area contributed by atoms with Gasteiger partial charge < -0.3 is 10.1 Å². The van der Waals surface area contributed by atoms with Gasteiger partial charge in [-0.25, -0.2) is 0 Å². The summed E-state index contributed by atoms with van der Waals surface area (Å²) in [4.78, 5) is 11.9. The summed E-state index contributed by atoms with van der Waals surface area (Å²) in [5.41, 5.74) is 2.14. The smallest absolute Gasteiger partial charge is 0.269 e. The van der Waals surface area contributed by atoms with Gasteiger partial charge in [-0.2, -0.15) is 5.10 Å². The number of amides is 1. The molecule has 1 amide bonds. The lowest BCUT2D eigenvalue weighted by Gasteiger charge is -2.01. The first-order valence-electron chi connectivity index (χ1n) is 6.27. The second kappa shape index (κ2) is 4.76. The molecule has 1 aliphatic rings. The maximum Gasteiger partial charge on any atom is 0.269 e. The molecule has 1 aromatic heterocycles. The van der Waals surface area contributed by atoms with Crippen molar-refractivity contribution in [3.63, 3.8) is 0 Å². The standard InChI is InChI=1S/C14H15N3O2/c1-19-11-4-2-3-9(7-11)12-8-13(17-16-12)14(18)15-10-5-6-10/h2-4,7-8,10H,5-6H2,1H3,(H,15,18)(H,16,17). The van der Waals surface area contributed by atoms with Gasteiger partial charge in [-0.1, -0.05) is 12.1 Å². The predicted molar refractivity (Wildman–Crippen MR) is 71.1 cm³/mol. The Morgan fingerprint density at radius 1 is 1.42 bits per heavy atom. The number of benzene rings is 1. The molecule has 5 heteroatoms. The van der Waals surface area contributed by atoms with Crippen molar-refractivity contribution in [3.8, 4) is 17.0 Å². The largest absolute Gasteiger partial charge is 0.497 e. The van der Waals surface area contributed by atoms with Crippen LogP contribution in [-0.4, -0.2) is 29.3 Å². The fourth-order valence-electron chi connectivity index (χ4n) is 1.86. The number of hydrogen-bond acceptors (Lipinski definition) is 3. The van der Waals surface area contributed by atoms with Gasteiger partial charge in [-0.15, -0.1) is 0 Å². The Labute approximate surface area is 111 Å². The fraction of sp³-hybridized carbons (Fsp3) is 0.286. The lowest BCUT2D eigenvalue weighted by atomic mass is 10.1. The molecule has 0 spiro atoms. The number of carbonyl (C=O) groups is 1. The van der Waals surface area contributed by atoms with Crippen LogP contribution in [0.15, 0.2) is 30.3 Å². The molecule has 0 unspecified atom stereocenters. The molecule has 3 rings (SSSR count). The molecule has 19 heavy (non-hydrogen) atoms. The zero-order chi connectivity index (χ0) is 13.2. The van der Waals surface area contributed by atoms with Crippen molar-refractivity contribution < 1.29 is 9.53 Å². The summed E-state index contributed by atoms with van der Waals surface area (Å²) in [5, 5.41) is 9.86. The molecule has 1 fully saturated rings. The zero-order valence-electron chi connectivity index (χ0n) is 10.6. The van der Waals surface area contributed by atoms with Gasteiger partial charge in [0.25, 0.3) is 5.91 Å². The number of H-pyrrole nitrogens is 1. The van der Waals surface area contributed by atoms with Crippen LogP contribution in [0.5, 0.6) is 5.75 Å². The normalized spacial score (nSPS) is 14.2. The van der Waals surface area contributed by atoms with E-state index in [1.165, 1.54) is 0 Å². The van der Waals surface area contributed by atoms with Crippen molar-refractivity contribution >= 4 is 5.91 Å². The van der Waals surface area contributed by atoms with Gasteiger partial charge in [0.2, 0.25) is 0 Å². The van der Waals surface area contributed by atoms with Crippen LogP contribution in [0.25, 0.3) is 11.3 Å². The van der Waals surface area contributed by atoms with Crippen LogP contribution < -0.4 is 10.1 Å². The highest BCUT2D eigenvalue weighted by Gasteiger charge is 2.24. The molecule has 1 heterocycles. The SMILES string of the molecule is COc1cccc(-c2cc(C(=O)NC3CC3)[nH]n2)c1. The van der Waals surface area contributed by atoms with E-state index in [1.54, 1.807) is 13.2 Å². The van der Waals surface area contributed by atoms with E-state index in [1.807, 2.05) is 24.3 Å². The number of ether oxygens (including phenoxy) is 1. The third-order valence-electron chi connectivity index (χ3n) is 3.10. The lowest BCUT2D eigenvalue weighted by molar-refractivity contribution is 0.0946. The Bertz CT molecular complexity index is 602. The summed E-state index contributed by atoms with van der Waals surface area (Å²) in [5.74, 6) is 0.675. The van der Waals surface area contributed by atoms with E-state index < -0.39 is 0 Å². The minimum atomic E-state index is -0.0934. The van der Waals surface area contributed by atoms with E-state index in [0.717, 1.165) is 29.8 Å². The molecule has 5 nitrogen and oxygen atoms in total. The Morgan fingerprint density at radius 3 is 3.00 bits per heavy atom. The lowest BCUT2D eigenvalue weighted by Crippen LogP contribution is -2.25. The van der Waals surface area contributed by atoms with Crippen LogP contribution in [0.3, 0.4) is 0 Å². The monoisotopic (exact) mass is 257 g/mol. The van der Waals surface area contributed by atoms with Gasteiger partial charge in [-0.05, 0) is 31.0 Å². The Morgan fingerprint density at radius 2 is 2.26 bits per heavy atom. The number of nitrogens with one attached hydrogen (secondary N) is 2. The van der Waals surface area contributed by atoms with Crippen LogP contribution >= 0.6 is 0 Å². The number of nitrogens with zero attached hydrogens (tertiary/aromatic N) is 1. The number of rotatable bonds is 4. The highest BCUT2D eigenvalue weighted by atomic mass is 16.5. The summed E-state index contributed by atoms with van der Waals surface area (Å²) in [7, 11) is 1.62. The third kappa shape index (κ3) is 2.59.